The van der Waals surface area contributed by atoms with Crippen molar-refractivity contribution in [3.05, 3.63) is 39.8 Å². The second-order valence-electron chi connectivity index (χ2n) is 9.08. The van der Waals surface area contributed by atoms with E-state index < -0.39 is 0 Å². The van der Waals surface area contributed by atoms with Gasteiger partial charge < -0.3 is 19.6 Å². The monoisotopic (exact) mass is 485 g/mol. The summed E-state index contributed by atoms with van der Waals surface area (Å²) in [7, 11) is 3.20. The number of methoxy groups -OCH3 is 2. The van der Waals surface area contributed by atoms with Crippen LogP contribution >= 0.6 is 11.3 Å². The van der Waals surface area contributed by atoms with Gasteiger partial charge in [-0.25, -0.2) is 4.98 Å². The molecule has 4 rings (SSSR count). The number of nitrogens with zero attached hydrogens (tertiary/aromatic N) is 2. The smallest absolute Gasteiger partial charge is 0.260 e. The van der Waals surface area contributed by atoms with Crippen LogP contribution in [-0.4, -0.2) is 52.9 Å². The first-order valence-corrected chi connectivity index (χ1v) is 13.1. The van der Waals surface area contributed by atoms with Gasteiger partial charge in [-0.05, 0) is 37.0 Å². The first kappa shape index (κ1) is 24.7. The summed E-state index contributed by atoms with van der Waals surface area (Å²) in [5, 5.41) is 13.1. The SMILES string of the molecule is CCCC(O)CN(Cc1nc2scc(-c3ccc(OC)c(OC)c3)c2c(=O)[nH]1)C1CCCCC1. The van der Waals surface area contributed by atoms with E-state index in [-0.39, 0.29) is 11.7 Å². The molecule has 0 bridgehead atoms. The van der Waals surface area contributed by atoms with Crippen LogP contribution in [0.5, 0.6) is 11.5 Å². The summed E-state index contributed by atoms with van der Waals surface area (Å²) in [6, 6.07) is 6.08. The number of hydrogen-bond donors (Lipinski definition) is 2. The normalized spacial score (nSPS) is 15.7. The van der Waals surface area contributed by atoms with Crippen molar-refractivity contribution < 1.29 is 14.6 Å². The quantitative estimate of drug-likeness (QED) is 0.422. The molecule has 2 heterocycles. The third-order valence-corrected chi connectivity index (χ3v) is 7.57. The van der Waals surface area contributed by atoms with Crippen molar-refractivity contribution in [1.29, 1.82) is 0 Å². The molecule has 1 aromatic carbocycles. The predicted molar refractivity (Wildman–Crippen MR) is 137 cm³/mol. The van der Waals surface area contributed by atoms with Gasteiger partial charge in [0.05, 0.1) is 32.3 Å². The number of fused-ring (bicyclic) bond motifs is 1. The van der Waals surface area contributed by atoms with E-state index >= 15 is 0 Å². The lowest BCUT2D eigenvalue weighted by Gasteiger charge is -2.35. The lowest BCUT2D eigenvalue weighted by molar-refractivity contribution is 0.0613. The number of nitrogens with one attached hydrogen (secondary N) is 1. The highest BCUT2D eigenvalue weighted by molar-refractivity contribution is 7.17. The number of hydrogen-bond acceptors (Lipinski definition) is 7. The van der Waals surface area contributed by atoms with Crippen LogP contribution in [0.15, 0.2) is 28.4 Å². The molecule has 2 aromatic heterocycles. The number of aliphatic hydroxyl groups is 1. The van der Waals surface area contributed by atoms with Crippen LogP contribution in [0, 0.1) is 0 Å². The second-order valence-corrected chi connectivity index (χ2v) is 9.93. The zero-order valence-corrected chi connectivity index (χ0v) is 21.1. The number of H-pyrrole nitrogens is 1. The lowest BCUT2D eigenvalue weighted by atomic mass is 9.93. The van der Waals surface area contributed by atoms with Crippen molar-refractivity contribution in [2.24, 2.45) is 0 Å². The second kappa shape index (κ2) is 11.3. The molecule has 7 nitrogen and oxygen atoms in total. The van der Waals surface area contributed by atoms with Crippen LogP contribution in [0.1, 0.15) is 57.7 Å². The van der Waals surface area contributed by atoms with Gasteiger partial charge in [0.2, 0.25) is 0 Å². The Labute approximate surface area is 204 Å². The fourth-order valence-corrected chi connectivity index (χ4v) is 5.93. The van der Waals surface area contributed by atoms with Crippen molar-refractivity contribution >= 4 is 21.6 Å². The Balaban J connectivity index is 1.63. The molecule has 0 saturated heterocycles. The molecule has 1 aliphatic rings. The minimum absolute atomic E-state index is 0.135. The van der Waals surface area contributed by atoms with Crippen molar-refractivity contribution in [3.63, 3.8) is 0 Å². The van der Waals surface area contributed by atoms with Crippen molar-refractivity contribution in [1.82, 2.24) is 14.9 Å². The molecule has 0 spiro atoms. The number of aliphatic hydroxyl groups excluding tert-OH is 1. The van der Waals surface area contributed by atoms with Crippen LogP contribution in [0.2, 0.25) is 0 Å². The van der Waals surface area contributed by atoms with Gasteiger partial charge in [-0.15, -0.1) is 11.3 Å². The fourth-order valence-electron chi connectivity index (χ4n) is 4.96. The van der Waals surface area contributed by atoms with Gasteiger partial charge in [0.25, 0.3) is 5.56 Å². The zero-order valence-electron chi connectivity index (χ0n) is 20.3. The maximum Gasteiger partial charge on any atom is 0.260 e. The van der Waals surface area contributed by atoms with E-state index in [1.54, 1.807) is 14.2 Å². The van der Waals surface area contributed by atoms with E-state index in [1.165, 1.54) is 30.6 Å². The summed E-state index contributed by atoms with van der Waals surface area (Å²) in [6.07, 6.45) is 7.35. The molecule has 1 atom stereocenters. The van der Waals surface area contributed by atoms with Gasteiger partial charge in [-0.3, -0.25) is 9.69 Å². The maximum absolute atomic E-state index is 13.2. The molecule has 0 amide bonds. The van der Waals surface area contributed by atoms with Crippen LogP contribution in [0.4, 0.5) is 0 Å². The van der Waals surface area contributed by atoms with E-state index in [1.807, 2.05) is 23.6 Å². The van der Waals surface area contributed by atoms with E-state index in [0.29, 0.717) is 41.8 Å². The molecule has 184 valence electrons. The molecule has 1 aliphatic carbocycles. The summed E-state index contributed by atoms with van der Waals surface area (Å²) in [5.74, 6) is 1.93. The fraction of sp³-hybridized carbons (Fsp3) is 0.538. The van der Waals surface area contributed by atoms with E-state index in [2.05, 4.69) is 16.8 Å². The van der Waals surface area contributed by atoms with E-state index in [9.17, 15) is 9.90 Å². The van der Waals surface area contributed by atoms with E-state index in [0.717, 1.165) is 41.6 Å². The highest BCUT2D eigenvalue weighted by atomic mass is 32.1. The average molecular weight is 486 g/mol. The van der Waals surface area contributed by atoms with Gasteiger partial charge in [0, 0.05) is 23.5 Å². The summed E-state index contributed by atoms with van der Waals surface area (Å²) >= 11 is 1.47. The Morgan fingerprint density at radius 1 is 1.21 bits per heavy atom. The number of aromatic amines is 1. The molecule has 0 aliphatic heterocycles. The summed E-state index contributed by atoms with van der Waals surface area (Å²) in [4.78, 5) is 24.1. The Bertz CT molecular complexity index is 1150. The van der Waals surface area contributed by atoms with Crippen molar-refractivity contribution in [3.8, 4) is 22.6 Å². The predicted octanol–water partition coefficient (Wildman–Crippen LogP) is 4.96. The molecule has 1 unspecified atom stereocenters. The molecule has 3 aromatic rings. The van der Waals surface area contributed by atoms with Crippen molar-refractivity contribution in [2.75, 3.05) is 20.8 Å². The first-order chi connectivity index (χ1) is 16.5. The number of ether oxygens (including phenoxy) is 2. The minimum Gasteiger partial charge on any atom is -0.493 e. The minimum atomic E-state index is -0.360. The molecule has 1 saturated carbocycles. The zero-order chi connectivity index (χ0) is 24.1. The largest absolute Gasteiger partial charge is 0.493 e. The third kappa shape index (κ3) is 5.45. The summed E-state index contributed by atoms with van der Waals surface area (Å²) in [6.45, 7) is 3.25. The highest BCUT2D eigenvalue weighted by Crippen LogP contribution is 2.36. The Morgan fingerprint density at radius 2 is 1.97 bits per heavy atom. The average Bonchev–Trinajstić information content (AvgIpc) is 3.28. The lowest BCUT2D eigenvalue weighted by Crippen LogP contribution is -2.41. The maximum atomic E-state index is 13.2. The van der Waals surface area contributed by atoms with Gasteiger partial charge in [-0.2, -0.15) is 0 Å². The van der Waals surface area contributed by atoms with Crippen LogP contribution in [0.25, 0.3) is 21.3 Å². The molecule has 1 fully saturated rings. The summed E-state index contributed by atoms with van der Waals surface area (Å²) in [5.41, 5.74) is 1.59. The third-order valence-electron chi connectivity index (χ3n) is 6.70. The van der Waals surface area contributed by atoms with E-state index in [4.69, 9.17) is 14.5 Å². The molecule has 0 radical (unpaired) electrons. The topological polar surface area (TPSA) is 87.7 Å². The van der Waals surface area contributed by atoms with Gasteiger partial charge in [0.1, 0.15) is 10.7 Å². The molecule has 2 N–H and O–H groups in total. The Kier molecular flexibility index (Phi) is 8.24. The summed E-state index contributed by atoms with van der Waals surface area (Å²) < 4.78 is 10.8. The molecular formula is C26H35N3O4S. The highest BCUT2D eigenvalue weighted by Gasteiger charge is 2.24. The molecular weight excluding hydrogens is 450 g/mol. The van der Waals surface area contributed by atoms with Crippen LogP contribution in [-0.2, 0) is 6.54 Å². The Morgan fingerprint density at radius 3 is 2.68 bits per heavy atom. The van der Waals surface area contributed by atoms with Crippen molar-refractivity contribution in [2.45, 2.75) is 70.6 Å². The first-order valence-electron chi connectivity index (χ1n) is 12.2. The standard InChI is InChI=1S/C26H35N3O4S/c1-4-8-19(30)14-29(18-9-6-5-7-10-18)15-23-27-25(31)24-20(16-34-26(24)28-23)17-11-12-21(32-2)22(13-17)33-3/h11-13,16,18-19,30H,4-10,14-15H2,1-3H3,(H,27,28,31). The number of thiophene rings is 1. The molecule has 34 heavy (non-hydrogen) atoms. The van der Waals surface area contributed by atoms with Gasteiger partial charge in [-0.1, -0.05) is 38.7 Å². The van der Waals surface area contributed by atoms with Gasteiger partial charge in [0.15, 0.2) is 11.5 Å². The van der Waals surface area contributed by atoms with Gasteiger partial charge >= 0.3 is 0 Å². The Hall–Kier alpha value is -2.42. The van der Waals surface area contributed by atoms with Crippen LogP contribution in [0.3, 0.4) is 0 Å². The number of benzene rings is 1. The number of rotatable bonds is 10. The molecule has 8 heteroatoms. The number of aromatic nitrogens is 2. The van der Waals surface area contributed by atoms with Crippen LogP contribution < -0.4 is 15.0 Å².